The van der Waals surface area contributed by atoms with E-state index in [0.29, 0.717) is 21.8 Å². The summed E-state index contributed by atoms with van der Waals surface area (Å²) in [5, 5.41) is 11.6. The molecule has 1 aliphatic rings. The molecular weight excluding hydrogens is 512 g/mol. The fourth-order valence-corrected chi connectivity index (χ4v) is 4.04. The molecule has 0 atom stereocenters. The zero-order valence-corrected chi connectivity index (χ0v) is 19.0. The number of esters is 1. The van der Waals surface area contributed by atoms with Crippen LogP contribution in [0.2, 0.25) is 5.02 Å². The predicted octanol–water partition coefficient (Wildman–Crippen LogP) is 4.27. The highest BCUT2D eigenvalue weighted by Crippen LogP contribution is 2.33. The summed E-state index contributed by atoms with van der Waals surface area (Å²) in [5.41, 5.74) is 0.915. The lowest BCUT2D eigenvalue weighted by molar-refractivity contribution is -0.127. The average Bonchev–Trinajstić information content (AvgIpc) is 2.99. The number of amides is 3. The standard InChI is InChI=1S/C20H14BrClN2O6S/c1-30-19(28)12-8-11(3-4-14(12)22)23-17(26)9-24-18(27)16(31-20(24)29)7-10-2-5-15(25)13(21)6-10/h2-8,25H,9H2,1H3,(H,23,26)/b16-7+. The Bertz CT molecular complexity index is 1140. The quantitative estimate of drug-likeness (QED) is 0.443. The van der Waals surface area contributed by atoms with Crippen LogP contribution in [0.3, 0.4) is 0 Å². The van der Waals surface area contributed by atoms with Crippen molar-refractivity contribution in [3.05, 3.63) is 61.9 Å². The van der Waals surface area contributed by atoms with Crippen LogP contribution in [0, 0.1) is 0 Å². The molecule has 2 N–H and O–H groups in total. The fraction of sp³-hybridized carbons (Fsp3) is 0.100. The van der Waals surface area contributed by atoms with Gasteiger partial charge in [0.25, 0.3) is 11.1 Å². The van der Waals surface area contributed by atoms with Crippen LogP contribution in [-0.4, -0.2) is 46.7 Å². The molecule has 3 rings (SSSR count). The first-order valence-corrected chi connectivity index (χ1v) is 10.6. The van der Waals surface area contributed by atoms with Gasteiger partial charge in [0.15, 0.2) is 0 Å². The van der Waals surface area contributed by atoms with Crippen molar-refractivity contribution in [1.29, 1.82) is 0 Å². The Labute approximate surface area is 194 Å². The summed E-state index contributed by atoms with van der Waals surface area (Å²) < 4.78 is 5.07. The third-order valence-electron chi connectivity index (χ3n) is 4.10. The zero-order chi connectivity index (χ0) is 22.7. The summed E-state index contributed by atoms with van der Waals surface area (Å²) in [5.74, 6) is -1.87. The Morgan fingerprint density at radius 1 is 1.26 bits per heavy atom. The number of anilines is 1. The number of ether oxygens (including phenoxy) is 1. The van der Waals surface area contributed by atoms with Crippen molar-refractivity contribution in [3.63, 3.8) is 0 Å². The number of phenols is 1. The molecule has 0 saturated carbocycles. The first-order chi connectivity index (χ1) is 14.7. The van der Waals surface area contributed by atoms with Crippen LogP contribution in [0.1, 0.15) is 15.9 Å². The Hall–Kier alpha value is -2.82. The van der Waals surface area contributed by atoms with Crippen molar-refractivity contribution in [2.75, 3.05) is 19.0 Å². The second-order valence-corrected chi connectivity index (χ2v) is 8.47. The highest BCUT2D eigenvalue weighted by molar-refractivity contribution is 9.10. The number of nitrogens with one attached hydrogen (secondary N) is 1. The number of imide groups is 1. The normalized spacial score (nSPS) is 14.8. The highest BCUT2D eigenvalue weighted by atomic mass is 79.9. The molecule has 0 radical (unpaired) electrons. The molecule has 11 heteroatoms. The number of benzene rings is 2. The molecule has 160 valence electrons. The van der Waals surface area contributed by atoms with Crippen LogP contribution in [0.5, 0.6) is 5.75 Å². The van der Waals surface area contributed by atoms with Gasteiger partial charge in [0.2, 0.25) is 5.91 Å². The maximum atomic E-state index is 12.6. The van der Waals surface area contributed by atoms with E-state index in [0.717, 1.165) is 4.90 Å². The van der Waals surface area contributed by atoms with E-state index < -0.39 is 29.6 Å². The molecule has 0 aromatic heterocycles. The fourth-order valence-electron chi connectivity index (χ4n) is 2.61. The molecule has 1 fully saturated rings. The minimum Gasteiger partial charge on any atom is -0.507 e. The highest BCUT2D eigenvalue weighted by Gasteiger charge is 2.36. The van der Waals surface area contributed by atoms with E-state index in [4.69, 9.17) is 11.6 Å². The van der Waals surface area contributed by atoms with E-state index >= 15 is 0 Å². The largest absolute Gasteiger partial charge is 0.507 e. The first kappa shape index (κ1) is 22.9. The summed E-state index contributed by atoms with van der Waals surface area (Å²) in [6.07, 6.45) is 1.49. The van der Waals surface area contributed by atoms with E-state index in [9.17, 15) is 24.3 Å². The molecule has 0 bridgehead atoms. The molecule has 1 heterocycles. The Balaban J connectivity index is 1.71. The van der Waals surface area contributed by atoms with Gasteiger partial charge in [0.05, 0.1) is 27.1 Å². The summed E-state index contributed by atoms with van der Waals surface area (Å²) >= 11 is 9.84. The van der Waals surface area contributed by atoms with Crippen LogP contribution in [-0.2, 0) is 14.3 Å². The van der Waals surface area contributed by atoms with Crippen molar-refractivity contribution in [3.8, 4) is 5.75 Å². The van der Waals surface area contributed by atoms with Crippen LogP contribution in [0.25, 0.3) is 6.08 Å². The maximum absolute atomic E-state index is 12.6. The van der Waals surface area contributed by atoms with Crippen LogP contribution in [0.4, 0.5) is 10.5 Å². The minimum atomic E-state index is -0.668. The van der Waals surface area contributed by atoms with Crippen molar-refractivity contribution >= 4 is 74.1 Å². The molecule has 0 unspecified atom stereocenters. The number of hydrogen-bond acceptors (Lipinski definition) is 7. The van der Waals surface area contributed by atoms with Gasteiger partial charge in [-0.2, -0.15) is 0 Å². The summed E-state index contributed by atoms with van der Waals surface area (Å²) in [6.45, 7) is -0.503. The van der Waals surface area contributed by atoms with Gasteiger partial charge in [-0.15, -0.1) is 0 Å². The van der Waals surface area contributed by atoms with Crippen molar-refractivity contribution < 1.29 is 29.0 Å². The topological polar surface area (TPSA) is 113 Å². The van der Waals surface area contributed by atoms with Gasteiger partial charge < -0.3 is 15.2 Å². The second kappa shape index (κ2) is 9.54. The van der Waals surface area contributed by atoms with Gasteiger partial charge in [0, 0.05) is 5.69 Å². The monoisotopic (exact) mass is 524 g/mol. The average molecular weight is 526 g/mol. The Morgan fingerprint density at radius 2 is 2.00 bits per heavy atom. The summed E-state index contributed by atoms with van der Waals surface area (Å²) in [6, 6.07) is 8.85. The number of carbonyl (C=O) groups excluding carboxylic acids is 4. The van der Waals surface area contributed by atoms with E-state index in [1.54, 1.807) is 12.1 Å². The third-order valence-corrected chi connectivity index (χ3v) is 5.97. The Morgan fingerprint density at radius 3 is 2.68 bits per heavy atom. The number of carbonyl (C=O) groups is 4. The molecule has 1 aliphatic heterocycles. The minimum absolute atomic E-state index is 0.0412. The van der Waals surface area contributed by atoms with Gasteiger partial charge in [-0.3, -0.25) is 19.3 Å². The van der Waals surface area contributed by atoms with Crippen LogP contribution >= 0.6 is 39.3 Å². The molecule has 0 aliphatic carbocycles. The smallest absolute Gasteiger partial charge is 0.339 e. The second-order valence-electron chi connectivity index (χ2n) is 6.21. The maximum Gasteiger partial charge on any atom is 0.339 e. The number of nitrogens with zero attached hydrogens (tertiary/aromatic N) is 1. The van der Waals surface area contributed by atoms with Crippen molar-refractivity contribution in [1.82, 2.24) is 4.90 Å². The molecule has 2 aromatic rings. The molecule has 1 saturated heterocycles. The third kappa shape index (κ3) is 5.27. The lowest BCUT2D eigenvalue weighted by Gasteiger charge is -2.13. The number of hydrogen-bond donors (Lipinski definition) is 2. The van der Waals surface area contributed by atoms with Crippen molar-refractivity contribution in [2.24, 2.45) is 0 Å². The SMILES string of the molecule is COC(=O)c1cc(NC(=O)CN2C(=O)S/C(=C/c3ccc(O)c(Br)c3)C2=O)ccc1Cl. The number of phenolic OH excluding ortho intramolecular Hbond substituents is 1. The number of aromatic hydroxyl groups is 1. The molecule has 0 spiro atoms. The van der Waals surface area contributed by atoms with E-state index in [1.807, 2.05) is 0 Å². The molecule has 2 aromatic carbocycles. The molecular formula is C20H14BrClN2O6S. The molecule has 31 heavy (non-hydrogen) atoms. The molecule has 8 nitrogen and oxygen atoms in total. The van der Waals surface area contributed by atoms with E-state index in [-0.39, 0.29) is 26.9 Å². The van der Waals surface area contributed by atoms with E-state index in [2.05, 4.69) is 26.0 Å². The van der Waals surface area contributed by atoms with Crippen molar-refractivity contribution in [2.45, 2.75) is 0 Å². The van der Waals surface area contributed by atoms with Gasteiger partial charge in [-0.1, -0.05) is 17.7 Å². The van der Waals surface area contributed by atoms with Crippen LogP contribution in [0.15, 0.2) is 45.8 Å². The Kier molecular flexibility index (Phi) is 7.04. The summed E-state index contributed by atoms with van der Waals surface area (Å²) in [4.78, 5) is 49.9. The number of thioether (sulfide) groups is 1. The van der Waals surface area contributed by atoms with Gasteiger partial charge in [-0.05, 0) is 69.7 Å². The predicted molar refractivity (Wildman–Crippen MR) is 120 cm³/mol. The molecule has 3 amide bonds. The lowest BCUT2D eigenvalue weighted by atomic mass is 10.2. The van der Waals surface area contributed by atoms with E-state index in [1.165, 1.54) is 37.5 Å². The first-order valence-electron chi connectivity index (χ1n) is 8.61. The van der Waals surface area contributed by atoms with Gasteiger partial charge in [-0.25, -0.2) is 4.79 Å². The lowest BCUT2D eigenvalue weighted by Crippen LogP contribution is -2.36. The number of halogens is 2. The van der Waals surface area contributed by atoms with Gasteiger partial charge in [0.1, 0.15) is 12.3 Å². The number of rotatable bonds is 5. The van der Waals surface area contributed by atoms with Gasteiger partial charge >= 0.3 is 5.97 Å². The zero-order valence-electron chi connectivity index (χ0n) is 15.8. The summed E-state index contributed by atoms with van der Waals surface area (Å²) in [7, 11) is 1.20. The number of methoxy groups -OCH3 is 1. The van der Waals surface area contributed by atoms with Crippen LogP contribution < -0.4 is 5.32 Å².